The highest BCUT2D eigenvalue weighted by atomic mass is 16.5. The summed E-state index contributed by atoms with van der Waals surface area (Å²) in [6.07, 6.45) is 7.94. The van der Waals surface area contributed by atoms with Gasteiger partial charge in [-0.1, -0.05) is 6.08 Å². The second kappa shape index (κ2) is 5.76. The lowest BCUT2D eigenvalue weighted by atomic mass is 9.88. The van der Waals surface area contributed by atoms with Gasteiger partial charge in [-0.05, 0) is 38.7 Å². The van der Waals surface area contributed by atoms with Crippen LogP contribution in [0.5, 0.6) is 0 Å². The van der Waals surface area contributed by atoms with Crippen LogP contribution in [0.3, 0.4) is 0 Å². The predicted octanol–water partition coefficient (Wildman–Crippen LogP) is 2.53. The van der Waals surface area contributed by atoms with Crippen molar-refractivity contribution in [1.82, 2.24) is 9.97 Å². The summed E-state index contributed by atoms with van der Waals surface area (Å²) in [4.78, 5) is 20.2. The highest BCUT2D eigenvalue weighted by Gasteiger charge is 2.23. The highest BCUT2D eigenvalue weighted by molar-refractivity contribution is 5.75. The molecular formula is C14H18N2O2. The largest absolute Gasteiger partial charge is 0.466 e. The molecule has 0 aliphatic heterocycles. The van der Waals surface area contributed by atoms with E-state index < -0.39 is 0 Å². The minimum Gasteiger partial charge on any atom is -0.466 e. The maximum absolute atomic E-state index is 11.6. The molecule has 2 rings (SSSR count). The molecule has 1 heterocycles. The van der Waals surface area contributed by atoms with Crippen molar-refractivity contribution in [3.8, 4) is 0 Å². The number of hydrogen-bond donors (Lipinski definition) is 0. The van der Waals surface area contributed by atoms with E-state index in [4.69, 9.17) is 4.74 Å². The maximum Gasteiger partial charge on any atom is 0.309 e. The molecule has 1 aromatic heterocycles. The molecule has 0 fully saturated rings. The molecule has 0 N–H and O–H groups in total. The molecule has 96 valence electrons. The van der Waals surface area contributed by atoms with Gasteiger partial charge in [-0.3, -0.25) is 14.8 Å². The first-order chi connectivity index (χ1) is 8.72. The Balaban J connectivity index is 2.07. The van der Waals surface area contributed by atoms with Gasteiger partial charge >= 0.3 is 5.97 Å². The van der Waals surface area contributed by atoms with Crippen LogP contribution in [0.4, 0.5) is 0 Å². The number of nitrogens with zero attached hydrogens (tertiary/aromatic N) is 2. The Bertz CT molecular complexity index is 469. The van der Waals surface area contributed by atoms with Gasteiger partial charge in [-0.25, -0.2) is 0 Å². The lowest BCUT2D eigenvalue weighted by Gasteiger charge is -2.20. The van der Waals surface area contributed by atoms with Crippen molar-refractivity contribution < 1.29 is 9.53 Å². The number of hydrogen-bond acceptors (Lipinski definition) is 4. The van der Waals surface area contributed by atoms with Gasteiger partial charge in [-0.15, -0.1) is 0 Å². The standard InChI is InChI=1S/C14H18N2O2/c1-3-18-14(17)12-6-4-11(5-7-12)13-10(2)15-8-9-16-13/h4,8-9,12H,3,5-7H2,1-2H3. The van der Waals surface area contributed by atoms with E-state index in [2.05, 4.69) is 16.0 Å². The third-order valence-corrected chi connectivity index (χ3v) is 3.22. The number of ether oxygens (including phenoxy) is 1. The van der Waals surface area contributed by atoms with E-state index in [1.165, 1.54) is 5.57 Å². The molecule has 0 amide bonds. The summed E-state index contributed by atoms with van der Waals surface area (Å²) in [5.74, 6) is -0.0747. The molecule has 1 atom stereocenters. The minimum atomic E-state index is -0.0799. The van der Waals surface area contributed by atoms with Crippen LogP contribution in [0, 0.1) is 12.8 Å². The van der Waals surface area contributed by atoms with Crippen LogP contribution in [0.2, 0.25) is 0 Å². The van der Waals surface area contributed by atoms with Crippen molar-refractivity contribution in [1.29, 1.82) is 0 Å². The van der Waals surface area contributed by atoms with E-state index in [1.807, 2.05) is 13.8 Å². The first kappa shape index (κ1) is 12.7. The topological polar surface area (TPSA) is 52.1 Å². The maximum atomic E-state index is 11.6. The molecule has 1 aliphatic carbocycles. The van der Waals surface area contributed by atoms with Crippen LogP contribution >= 0.6 is 0 Å². The normalized spacial score (nSPS) is 19.2. The van der Waals surface area contributed by atoms with E-state index in [0.29, 0.717) is 6.61 Å². The average molecular weight is 246 g/mol. The van der Waals surface area contributed by atoms with Gasteiger partial charge in [0, 0.05) is 12.4 Å². The van der Waals surface area contributed by atoms with Crippen LogP contribution in [0.25, 0.3) is 5.57 Å². The van der Waals surface area contributed by atoms with E-state index in [9.17, 15) is 4.79 Å². The van der Waals surface area contributed by atoms with Gasteiger partial charge in [0.1, 0.15) is 0 Å². The Kier molecular flexibility index (Phi) is 4.07. The summed E-state index contributed by atoms with van der Waals surface area (Å²) in [6, 6.07) is 0. The van der Waals surface area contributed by atoms with Crippen molar-refractivity contribution in [2.45, 2.75) is 33.1 Å². The Labute approximate surface area is 107 Å². The molecule has 18 heavy (non-hydrogen) atoms. The lowest BCUT2D eigenvalue weighted by molar-refractivity contribution is -0.148. The highest BCUT2D eigenvalue weighted by Crippen LogP contribution is 2.30. The molecular weight excluding hydrogens is 228 g/mol. The zero-order valence-electron chi connectivity index (χ0n) is 10.8. The Morgan fingerprint density at radius 3 is 2.83 bits per heavy atom. The van der Waals surface area contributed by atoms with Gasteiger partial charge in [0.15, 0.2) is 0 Å². The number of carbonyl (C=O) groups is 1. The molecule has 4 heteroatoms. The monoisotopic (exact) mass is 246 g/mol. The zero-order valence-corrected chi connectivity index (χ0v) is 10.8. The van der Waals surface area contributed by atoms with Crippen molar-refractivity contribution in [2.75, 3.05) is 6.61 Å². The molecule has 0 spiro atoms. The van der Waals surface area contributed by atoms with Gasteiger partial charge in [0.25, 0.3) is 0 Å². The molecule has 0 saturated heterocycles. The molecule has 1 aliphatic rings. The van der Waals surface area contributed by atoms with Crippen molar-refractivity contribution in [3.05, 3.63) is 29.9 Å². The number of allylic oxidation sites excluding steroid dienone is 2. The van der Waals surface area contributed by atoms with Crippen LogP contribution in [0.15, 0.2) is 18.5 Å². The SMILES string of the molecule is CCOC(=O)C1CC=C(c2nccnc2C)CC1. The second-order valence-corrected chi connectivity index (χ2v) is 4.44. The predicted molar refractivity (Wildman–Crippen MR) is 68.7 cm³/mol. The third-order valence-electron chi connectivity index (χ3n) is 3.22. The number of carbonyl (C=O) groups excluding carboxylic acids is 1. The summed E-state index contributed by atoms with van der Waals surface area (Å²) in [5.41, 5.74) is 3.10. The molecule has 0 bridgehead atoms. The Morgan fingerprint density at radius 1 is 1.44 bits per heavy atom. The van der Waals surface area contributed by atoms with Crippen LogP contribution in [0.1, 0.15) is 37.6 Å². The second-order valence-electron chi connectivity index (χ2n) is 4.44. The fourth-order valence-electron chi connectivity index (χ4n) is 2.25. The van der Waals surface area contributed by atoms with Crippen molar-refractivity contribution >= 4 is 11.5 Å². The van der Waals surface area contributed by atoms with Gasteiger partial charge < -0.3 is 4.74 Å². The summed E-state index contributed by atoms with van der Waals surface area (Å²) in [5, 5.41) is 0. The Hall–Kier alpha value is -1.71. The lowest BCUT2D eigenvalue weighted by Crippen LogP contribution is -2.19. The third kappa shape index (κ3) is 2.75. The number of aromatic nitrogens is 2. The van der Waals surface area contributed by atoms with E-state index in [1.54, 1.807) is 12.4 Å². The van der Waals surface area contributed by atoms with Gasteiger partial charge in [-0.2, -0.15) is 0 Å². The molecule has 0 saturated carbocycles. The molecule has 1 unspecified atom stereocenters. The van der Waals surface area contributed by atoms with Gasteiger partial charge in [0.05, 0.1) is 23.9 Å². The summed E-state index contributed by atoms with van der Waals surface area (Å²) >= 11 is 0. The summed E-state index contributed by atoms with van der Waals surface area (Å²) in [6.45, 7) is 4.25. The van der Waals surface area contributed by atoms with E-state index in [0.717, 1.165) is 30.7 Å². The quantitative estimate of drug-likeness (QED) is 0.769. The smallest absolute Gasteiger partial charge is 0.309 e. The summed E-state index contributed by atoms with van der Waals surface area (Å²) in [7, 11) is 0. The van der Waals surface area contributed by atoms with Crippen molar-refractivity contribution in [3.63, 3.8) is 0 Å². The first-order valence-electron chi connectivity index (χ1n) is 6.36. The Morgan fingerprint density at radius 2 is 2.22 bits per heavy atom. The fraction of sp³-hybridized carbons (Fsp3) is 0.500. The van der Waals surface area contributed by atoms with E-state index >= 15 is 0 Å². The summed E-state index contributed by atoms with van der Waals surface area (Å²) < 4.78 is 5.05. The number of rotatable bonds is 3. The fourth-order valence-corrected chi connectivity index (χ4v) is 2.25. The van der Waals surface area contributed by atoms with Crippen molar-refractivity contribution in [2.24, 2.45) is 5.92 Å². The van der Waals surface area contributed by atoms with Gasteiger partial charge in [0.2, 0.25) is 0 Å². The average Bonchev–Trinajstić information content (AvgIpc) is 2.40. The first-order valence-corrected chi connectivity index (χ1v) is 6.36. The van der Waals surface area contributed by atoms with Crippen LogP contribution in [-0.4, -0.2) is 22.5 Å². The molecule has 4 nitrogen and oxygen atoms in total. The molecule has 1 aromatic rings. The molecule has 0 radical (unpaired) electrons. The minimum absolute atomic E-state index is 0.00526. The number of esters is 1. The van der Waals surface area contributed by atoms with Crippen LogP contribution in [-0.2, 0) is 9.53 Å². The van der Waals surface area contributed by atoms with E-state index in [-0.39, 0.29) is 11.9 Å². The van der Waals surface area contributed by atoms with Crippen LogP contribution < -0.4 is 0 Å². The number of aryl methyl sites for hydroxylation is 1. The molecule has 0 aromatic carbocycles. The zero-order chi connectivity index (χ0) is 13.0.